The van der Waals surface area contributed by atoms with Gasteiger partial charge in [0.25, 0.3) is 11.6 Å². The number of nitrogens with zero attached hydrogens (tertiary/aromatic N) is 2. The van der Waals surface area contributed by atoms with Gasteiger partial charge in [-0.1, -0.05) is 19.9 Å². The Kier molecular flexibility index (Phi) is 7.60. The van der Waals surface area contributed by atoms with E-state index in [2.05, 4.69) is 24.5 Å². The summed E-state index contributed by atoms with van der Waals surface area (Å²) >= 11 is 5.27. The van der Waals surface area contributed by atoms with Crippen molar-refractivity contribution < 1.29 is 19.6 Å². The van der Waals surface area contributed by atoms with Crippen LogP contribution in [0, 0.1) is 10.1 Å². The number of nitrogens with one attached hydrogen (secondary N) is 2. The van der Waals surface area contributed by atoms with Gasteiger partial charge >= 0.3 is 0 Å². The van der Waals surface area contributed by atoms with Crippen molar-refractivity contribution in [3.8, 4) is 5.75 Å². The van der Waals surface area contributed by atoms with Crippen LogP contribution in [0.1, 0.15) is 42.1 Å². The van der Waals surface area contributed by atoms with Gasteiger partial charge in [0, 0.05) is 25.2 Å². The number of phenols is 1. The Morgan fingerprint density at radius 1 is 1.28 bits per heavy atom. The molecule has 1 heterocycles. The normalized spacial score (nSPS) is 14.5. The summed E-state index contributed by atoms with van der Waals surface area (Å²) in [4.78, 5) is 25.7. The molecule has 3 N–H and O–H groups in total. The third-order valence-corrected chi connectivity index (χ3v) is 5.67. The number of non-ortho nitro benzene ring substituents is 1. The predicted octanol–water partition coefficient (Wildman–Crippen LogP) is 3.78. The number of ether oxygens (including phenoxy) is 1. The van der Waals surface area contributed by atoms with E-state index in [9.17, 15) is 20.0 Å². The molecule has 9 nitrogen and oxygen atoms in total. The molecule has 1 atom stereocenters. The summed E-state index contributed by atoms with van der Waals surface area (Å²) in [5.41, 5.74) is 1.92. The van der Waals surface area contributed by atoms with E-state index in [4.69, 9.17) is 17.0 Å². The fraction of sp³-hybridized carbons (Fsp3) is 0.364. The van der Waals surface area contributed by atoms with Crippen LogP contribution in [0.25, 0.3) is 0 Å². The smallest absolute Gasteiger partial charge is 0.270 e. The van der Waals surface area contributed by atoms with E-state index in [1.165, 1.54) is 12.1 Å². The summed E-state index contributed by atoms with van der Waals surface area (Å²) in [5.74, 6) is -0.288. The zero-order valence-corrected chi connectivity index (χ0v) is 18.8. The summed E-state index contributed by atoms with van der Waals surface area (Å²) in [5, 5.41) is 26.8. The van der Waals surface area contributed by atoms with Gasteiger partial charge in [0.15, 0.2) is 5.11 Å². The molecule has 32 heavy (non-hydrogen) atoms. The molecule has 1 fully saturated rings. The first-order valence-corrected chi connectivity index (χ1v) is 10.8. The number of amides is 1. The molecule has 2 aromatic carbocycles. The second kappa shape index (κ2) is 10.4. The zero-order chi connectivity index (χ0) is 23.3. The van der Waals surface area contributed by atoms with E-state index < -0.39 is 10.8 Å². The molecule has 0 bridgehead atoms. The quantitative estimate of drug-likeness (QED) is 0.259. The summed E-state index contributed by atoms with van der Waals surface area (Å²) in [6, 6.07) is 9.38. The number of morpholine rings is 1. The van der Waals surface area contributed by atoms with Crippen LogP contribution < -0.4 is 15.5 Å². The Morgan fingerprint density at radius 2 is 2.00 bits per heavy atom. The van der Waals surface area contributed by atoms with Gasteiger partial charge < -0.3 is 20.1 Å². The van der Waals surface area contributed by atoms with Crippen LogP contribution in [0.5, 0.6) is 5.75 Å². The highest BCUT2D eigenvalue weighted by atomic mass is 32.1. The average Bonchev–Trinajstić information content (AvgIpc) is 2.80. The second-order valence-electron chi connectivity index (χ2n) is 7.55. The number of hydrogen-bond acceptors (Lipinski definition) is 7. The maximum Gasteiger partial charge on any atom is 0.270 e. The van der Waals surface area contributed by atoms with Crippen LogP contribution in [0.15, 0.2) is 36.4 Å². The van der Waals surface area contributed by atoms with Crippen molar-refractivity contribution in [2.45, 2.75) is 26.2 Å². The van der Waals surface area contributed by atoms with E-state index in [-0.39, 0.29) is 22.1 Å². The minimum absolute atomic E-state index is 0.00185. The van der Waals surface area contributed by atoms with Crippen LogP contribution in [-0.2, 0) is 4.74 Å². The number of thiocarbonyl (C=S) groups is 1. The lowest BCUT2D eigenvalue weighted by molar-refractivity contribution is -0.384. The number of carbonyl (C=O) groups excluding carboxylic acids is 1. The molecule has 0 aliphatic carbocycles. The third kappa shape index (κ3) is 5.51. The summed E-state index contributed by atoms with van der Waals surface area (Å²) in [6.45, 7) is 6.29. The maximum absolute atomic E-state index is 13.0. The largest absolute Gasteiger partial charge is 0.506 e. The summed E-state index contributed by atoms with van der Waals surface area (Å²) < 4.78 is 5.36. The van der Waals surface area contributed by atoms with E-state index in [1.54, 1.807) is 18.2 Å². The number of nitro groups is 1. The number of phenolic OH excluding ortho intramolecular Hbond substituents is 1. The second-order valence-corrected chi connectivity index (χ2v) is 7.96. The standard InChI is InChI=1S/C22H26N4O5S/c1-3-14(2)15-4-7-20(27)18(12-15)23-22(32)24-21(28)17-13-16(26(29)30)5-6-19(17)25-8-10-31-11-9-25/h4-7,12-14,27H,3,8-11H2,1-2H3,(H2,23,24,28,32). The van der Waals surface area contributed by atoms with Crippen molar-refractivity contribution in [1.29, 1.82) is 0 Å². The number of rotatable bonds is 6. The molecule has 1 unspecified atom stereocenters. The number of aromatic hydroxyl groups is 1. The van der Waals surface area contributed by atoms with Gasteiger partial charge in [-0.05, 0) is 48.3 Å². The fourth-order valence-electron chi connectivity index (χ4n) is 3.42. The highest BCUT2D eigenvalue weighted by Gasteiger charge is 2.23. The van der Waals surface area contributed by atoms with Crippen molar-refractivity contribution >= 4 is 40.3 Å². The molecular formula is C22H26N4O5S. The Bertz CT molecular complexity index is 1020. The van der Waals surface area contributed by atoms with Gasteiger partial charge in [-0.3, -0.25) is 20.2 Å². The number of benzene rings is 2. The lowest BCUT2D eigenvalue weighted by Crippen LogP contribution is -2.39. The molecule has 1 aliphatic heterocycles. The lowest BCUT2D eigenvalue weighted by atomic mass is 9.98. The van der Waals surface area contributed by atoms with E-state index >= 15 is 0 Å². The van der Waals surface area contributed by atoms with E-state index in [1.807, 2.05) is 11.0 Å². The molecular weight excluding hydrogens is 432 g/mol. The Hall–Kier alpha value is -3.24. The Labute approximate surface area is 191 Å². The lowest BCUT2D eigenvalue weighted by Gasteiger charge is -2.30. The van der Waals surface area contributed by atoms with Gasteiger partial charge in [-0.25, -0.2) is 0 Å². The molecule has 0 radical (unpaired) electrons. The van der Waals surface area contributed by atoms with E-state index in [0.717, 1.165) is 12.0 Å². The minimum atomic E-state index is -0.578. The van der Waals surface area contributed by atoms with Gasteiger partial charge in [0.1, 0.15) is 5.75 Å². The Morgan fingerprint density at radius 3 is 2.66 bits per heavy atom. The first-order valence-electron chi connectivity index (χ1n) is 10.4. The molecule has 1 aliphatic rings. The van der Waals surface area contributed by atoms with Gasteiger partial charge in [0.05, 0.1) is 35.1 Å². The maximum atomic E-state index is 13.0. The van der Waals surface area contributed by atoms with E-state index in [0.29, 0.717) is 43.6 Å². The molecule has 1 amide bonds. The summed E-state index contributed by atoms with van der Waals surface area (Å²) in [7, 11) is 0. The molecule has 0 saturated carbocycles. The number of anilines is 2. The SMILES string of the molecule is CCC(C)c1ccc(O)c(NC(=S)NC(=O)c2cc([N+](=O)[O-])ccc2N2CCOCC2)c1. The highest BCUT2D eigenvalue weighted by molar-refractivity contribution is 7.80. The van der Waals surface area contributed by atoms with Crippen LogP contribution in [-0.4, -0.2) is 47.4 Å². The third-order valence-electron chi connectivity index (χ3n) is 5.46. The van der Waals surface area contributed by atoms with Crippen molar-refractivity contribution in [2.75, 3.05) is 36.5 Å². The monoisotopic (exact) mass is 458 g/mol. The topological polar surface area (TPSA) is 117 Å². The molecule has 170 valence electrons. The molecule has 3 rings (SSSR count). The number of hydrogen-bond donors (Lipinski definition) is 3. The van der Waals surface area contributed by atoms with Crippen molar-refractivity contribution in [1.82, 2.24) is 5.32 Å². The predicted molar refractivity (Wildman–Crippen MR) is 127 cm³/mol. The number of carbonyl (C=O) groups is 1. The van der Waals surface area contributed by atoms with Gasteiger partial charge in [-0.15, -0.1) is 0 Å². The molecule has 10 heteroatoms. The summed E-state index contributed by atoms with van der Waals surface area (Å²) in [6.07, 6.45) is 0.933. The fourth-order valence-corrected chi connectivity index (χ4v) is 3.62. The average molecular weight is 459 g/mol. The highest BCUT2D eigenvalue weighted by Crippen LogP contribution is 2.29. The van der Waals surface area contributed by atoms with Crippen LogP contribution in [0.2, 0.25) is 0 Å². The minimum Gasteiger partial charge on any atom is -0.506 e. The van der Waals surface area contributed by atoms with Crippen LogP contribution >= 0.6 is 12.2 Å². The zero-order valence-electron chi connectivity index (χ0n) is 18.0. The molecule has 2 aromatic rings. The first kappa shape index (κ1) is 23.4. The van der Waals surface area contributed by atoms with Crippen LogP contribution in [0.4, 0.5) is 17.1 Å². The molecule has 0 spiro atoms. The Balaban J connectivity index is 1.81. The van der Waals surface area contributed by atoms with Gasteiger partial charge in [-0.2, -0.15) is 0 Å². The molecule has 1 saturated heterocycles. The molecule has 0 aromatic heterocycles. The van der Waals surface area contributed by atoms with Crippen molar-refractivity contribution in [3.05, 3.63) is 57.6 Å². The van der Waals surface area contributed by atoms with Crippen molar-refractivity contribution in [2.24, 2.45) is 0 Å². The van der Waals surface area contributed by atoms with Crippen LogP contribution in [0.3, 0.4) is 0 Å². The first-order chi connectivity index (χ1) is 15.3. The number of nitro benzene ring substituents is 1. The van der Waals surface area contributed by atoms with Gasteiger partial charge in [0.2, 0.25) is 0 Å². The van der Waals surface area contributed by atoms with Crippen molar-refractivity contribution in [3.63, 3.8) is 0 Å².